The lowest BCUT2D eigenvalue weighted by molar-refractivity contribution is 0.0165. The van der Waals surface area contributed by atoms with E-state index in [1.54, 1.807) is 38.4 Å². The van der Waals surface area contributed by atoms with Crippen molar-refractivity contribution < 1.29 is 23.5 Å². The number of hydrogen-bond acceptors (Lipinski definition) is 7. The van der Waals surface area contributed by atoms with Gasteiger partial charge in [-0.15, -0.1) is 0 Å². The van der Waals surface area contributed by atoms with Crippen LogP contribution >= 0.6 is 0 Å². The van der Waals surface area contributed by atoms with Crippen LogP contribution < -0.4 is 16.0 Å². The molecular formula is C25H29FN6O4. The molecule has 3 rings (SSSR count). The minimum absolute atomic E-state index is 0.0211. The fraction of sp³-hybridized carbons (Fsp3) is 0.320. The average Bonchev–Trinajstić information content (AvgIpc) is 2.85. The number of aryl methyl sites for hydroxylation is 1. The number of carbonyl (C=O) groups excluding carboxylic acids is 2. The van der Waals surface area contributed by atoms with E-state index < -0.39 is 17.9 Å². The number of pyridine rings is 1. The van der Waals surface area contributed by atoms with Crippen molar-refractivity contribution in [3.05, 3.63) is 54.1 Å². The molecule has 0 fully saturated rings. The van der Waals surface area contributed by atoms with Crippen LogP contribution in [0.5, 0.6) is 0 Å². The molecule has 1 aromatic carbocycles. The average molecular weight is 497 g/mol. The monoisotopic (exact) mass is 496 g/mol. The van der Waals surface area contributed by atoms with Crippen LogP contribution in [0.25, 0.3) is 22.6 Å². The Balaban J connectivity index is 1.82. The first-order valence-electron chi connectivity index (χ1n) is 11.2. The zero-order chi connectivity index (χ0) is 26.3. The maximum absolute atomic E-state index is 14.6. The summed E-state index contributed by atoms with van der Waals surface area (Å²) in [6.07, 6.45) is 3.02. The SMILES string of the molecule is COC(=O)Nc1cc(-c2nccc(-c3cc(NC(=O)NCCC(C)(C)OC)c(F)cc3C)n2)ccn1. The Morgan fingerprint density at radius 1 is 1.06 bits per heavy atom. The van der Waals surface area contributed by atoms with Crippen molar-refractivity contribution in [2.45, 2.75) is 32.8 Å². The molecule has 10 nitrogen and oxygen atoms in total. The van der Waals surface area contributed by atoms with Gasteiger partial charge in [0.2, 0.25) is 0 Å². The van der Waals surface area contributed by atoms with E-state index >= 15 is 0 Å². The number of nitrogens with zero attached hydrogens (tertiary/aromatic N) is 3. The lowest BCUT2D eigenvalue weighted by Gasteiger charge is -2.22. The molecule has 0 aliphatic carbocycles. The maximum Gasteiger partial charge on any atom is 0.412 e. The van der Waals surface area contributed by atoms with E-state index in [4.69, 9.17) is 4.74 Å². The Bertz CT molecular complexity index is 1250. The van der Waals surface area contributed by atoms with Crippen LogP contribution in [0.3, 0.4) is 0 Å². The van der Waals surface area contributed by atoms with E-state index in [1.807, 2.05) is 13.8 Å². The molecule has 0 unspecified atom stereocenters. The third-order valence-electron chi connectivity index (χ3n) is 5.49. The van der Waals surface area contributed by atoms with E-state index in [0.717, 1.165) is 0 Å². The molecule has 0 aliphatic heterocycles. The number of halogens is 1. The molecule has 0 aliphatic rings. The predicted molar refractivity (Wildman–Crippen MR) is 134 cm³/mol. The number of aromatic nitrogens is 3. The van der Waals surface area contributed by atoms with Crippen LogP contribution in [0.1, 0.15) is 25.8 Å². The molecule has 3 N–H and O–H groups in total. The number of hydrogen-bond donors (Lipinski definition) is 3. The van der Waals surface area contributed by atoms with Crippen LogP contribution in [0.4, 0.5) is 25.5 Å². The summed E-state index contributed by atoms with van der Waals surface area (Å²) in [5.41, 5.74) is 2.03. The number of methoxy groups -OCH3 is 2. The van der Waals surface area contributed by atoms with Gasteiger partial charge in [-0.3, -0.25) is 5.32 Å². The molecule has 3 aromatic rings. The summed E-state index contributed by atoms with van der Waals surface area (Å²) in [4.78, 5) is 36.8. The second-order valence-electron chi connectivity index (χ2n) is 8.55. The third kappa shape index (κ3) is 6.95. The van der Waals surface area contributed by atoms with Crippen molar-refractivity contribution in [3.8, 4) is 22.6 Å². The van der Waals surface area contributed by atoms with Crippen molar-refractivity contribution in [2.75, 3.05) is 31.4 Å². The van der Waals surface area contributed by atoms with Crippen LogP contribution in [-0.2, 0) is 9.47 Å². The van der Waals surface area contributed by atoms with E-state index in [0.29, 0.717) is 41.2 Å². The minimum atomic E-state index is -0.650. The van der Waals surface area contributed by atoms with Crippen molar-refractivity contribution in [1.82, 2.24) is 20.3 Å². The van der Waals surface area contributed by atoms with E-state index in [1.165, 1.54) is 25.4 Å². The fourth-order valence-corrected chi connectivity index (χ4v) is 3.23. The second kappa shape index (κ2) is 11.5. The van der Waals surface area contributed by atoms with Crippen LogP contribution in [0, 0.1) is 12.7 Å². The second-order valence-corrected chi connectivity index (χ2v) is 8.55. The Hall–Kier alpha value is -4.12. The van der Waals surface area contributed by atoms with Gasteiger partial charge >= 0.3 is 12.1 Å². The van der Waals surface area contributed by atoms with Gasteiger partial charge in [0.15, 0.2) is 5.82 Å². The molecule has 3 amide bonds. The van der Waals surface area contributed by atoms with Crippen molar-refractivity contribution in [2.24, 2.45) is 0 Å². The molecule has 11 heteroatoms. The van der Waals surface area contributed by atoms with Gasteiger partial charge in [0, 0.05) is 37.2 Å². The molecule has 0 saturated heterocycles. The Morgan fingerprint density at radius 2 is 1.81 bits per heavy atom. The normalized spacial score (nSPS) is 11.1. The molecule has 0 spiro atoms. The fourth-order valence-electron chi connectivity index (χ4n) is 3.23. The number of urea groups is 1. The summed E-state index contributed by atoms with van der Waals surface area (Å²) in [6.45, 7) is 5.94. The number of anilines is 2. The molecule has 0 atom stereocenters. The minimum Gasteiger partial charge on any atom is -0.453 e. The molecular weight excluding hydrogens is 467 g/mol. The van der Waals surface area contributed by atoms with Gasteiger partial charge in [-0.2, -0.15) is 0 Å². The highest BCUT2D eigenvalue weighted by Crippen LogP contribution is 2.29. The van der Waals surface area contributed by atoms with Crippen LogP contribution in [0.15, 0.2) is 42.7 Å². The van der Waals surface area contributed by atoms with Gasteiger partial charge in [0.1, 0.15) is 11.6 Å². The zero-order valence-electron chi connectivity index (χ0n) is 20.8. The number of benzene rings is 1. The van der Waals surface area contributed by atoms with Crippen molar-refractivity contribution in [3.63, 3.8) is 0 Å². The van der Waals surface area contributed by atoms with E-state index in [-0.39, 0.29) is 17.1 Å². The predicted octanol–water partition coefficient (Wildman–Crippen LogP) is 4.77. The summed E-state index contributed by atoms with van der Waals surface area (Å²) in [5.74, 6) is 0.0859. The zero-order valence-corrected chi connectivity index (χ0v) is 20.8. The Labute approximate surface area is 208 Å². The van der Waals surface area contributed by atoms with Gasteiger partial charge in [0.25, 0.3) is 0 Å². The molecule has 2 aromatic heterocycles. The van der Waals surface area contributed by atoms with Crippen LogP contribution in [-0.4, -0.2) is 53.4 Å². The van der Waals surface area contributed by atoms with E-state index in [2.05, 4.69) is 35.6 Å². The van der Waals surface area contributed by atoms with Gasteiger partial charge < -0.3 is 20.1 Å². The largest absolute Gasteiger partial charge is 0.453 e. The smallest absolute Gasteiger partial charge is 0.412 e. The maximum atomic E-state index is 14.6. The highest BCUT2D eigenvalue weighted by atomic mass is 19.1. The first-order chi connectivity index (χ1) is 17.1. The first kappa shape index (κ1) is 26.5. The third-order valence-corrected chi connectivity index (χ3v) is 5.49. The number of ether oxygens (including phenoxy) is 2. The Kier molecular flexibility index (Phi) is 8.49. The number of carbonyl (C=O) groups is 2. The van der Waals surface area contributed by atoms with Gasteiger partial charge in [-0.25, -0.2) is 28.9 Å². The summed E-state index contributed by atoms with van der Waals surface area (Å²) in [5, 5.41) is 7.76. The molecule has 0 bridgehead atoms. The quantitative estimate of drug-likeness (QED) is 0.410. The topological polar surface area (TPSA) is 127 Å². The van der Waals surface area contributed by atoms with Gasteiger partial charge in [-0.1, -0.05) is 0 Å². The lowest BCUT2D eigenvalue weighted by Crippen LogP contribution is -2.34. The number of rotatable bonds is 8. The Morgan fingerprint density at radius 3 is 2.53 bits per heavy atom. The standard InChI is InChI=1S/C25H29FN6O4/c1-15-12-18(26)20(31-23(33)29-11-8-25(2,3)36-5)14-17(15)19-7-10-28-22(30-19)16-6-9-27-21(13-16)32-24(34)35-4/h6-7,9-10,12-14H,8,11H2,1-5H3,(H,27,32,34)(H2,29,31,33). The van der Waals surface area contributed by atoms with Crippen LogP contribution in [0.2, 0.25) is 0 Å². The summed E-state index contributed by atoms with van der Waals surface area (Å²) in [7, 11) is 2.86. The lowest BCUT2D eigenvalue weighted by atomic mass is 10.0. The van der Waals surface area contributed by atoms with Gasteiger partial charge in [0.05, 0.1) is 24.1 Å². The molecule has 36 heavy (non-hydrogen) atoms. The van der Waals surface area contributed by atoms with E-state index in [9.17, 15) is 14.0 Å². The number of amides is 3. The molecule has 0 radical (unpaired) electrons. The van der Waals surface area contributed by atoms with Crippen molar-refractivity contribution in [1.29, 1.82) is 0 Å². The number of nitrogens with one attached hydrogen (secondary N) is 3. The first-order valence-corrected chi connectivity index (χ1v) is 11.2. The highest BCUT2D eigenvalue weighted by molar-refractivity contribution is 5.90. The summed E-state index contributed by atoms with van der Waals surface area (Å²) < 4.78 is 24.6. The van der Waals surface area contributed by atoms with Gasteiger partial charge in [-0.05, 0) is 63.1 Å². The summed E-state index contributed by atoms with van der Waals surface area (Å²) >= 11 is 0. The molecule has 0 saturated carbocycles. The van der Waals surface area contributed by atoms with Crippen molar-refractivity contribution >= 4 is 23.6 Å². The molecule has 2 heterocycles. The summed E-state index contributed by atoms with van der Waals surface area (Å²) in [6, 6.07) is 7.34. The molecule has 190 valence electrons. The highest BCUT2D eigenvalue weighted by Gasteiger charge is 2.17.